The first-order valence-corrected chi connectivity index (χ1v) is 6.86. The lowest BCUT2D eigenvalue weighted by Crippen LogP contribution is -2.39. The van der Waals surface area contributed by atoms with Gasteiger partial charge in [-0.3, -0.25) is 0 Å². The van der Waals surface area contributed by atoms with Gasteiger partial charge >= 0.3 is 0 Å². The molecule has 1 aliphatic carbocycles. The summed E-state index contributed by atoms with van der Waals surface area (Å²) < 4.78 is 26.8. The van der Waals surface area contributed by atoms with Gasteiger partial charge in [0.1, 0.15) is 0 Å². The van der Waals surface area contributed by atoms with Crippen molar-refractivity contribution in [1.29, 1.82) is 0 Å². The van der Waals surface area contributed by atoms with Crippen LogP contribution in [0.3, 0.4) is 0 Å². The van der Waals surface area contributed by atoms with Crippen LogP contribution in [0, 0.1) is 6.92 Å². The van der Waals surface area contributed by atoms with Crippen molar-refractivity contribution in [3.63, 3.8) is 0 Å². The highest BCUT2D eigenvalue weighted by atomic mass is 32.2. The number of benzene rings is 1. The molecular formula is C11H16N2O2S. The average Bonchev–Trinajstić information content (AvgIpc) is 2.16. The monoisotopic (exact) mass is 240 g/mol. The Labute approximate surface area is 95.9 Å². The number of aryl methyl sites for hydroxylation is 1. The van der Waals surface area contributed by atoms with Gasteiger partial charge in [0, 0.05) is 11.7 Å². The molecular weight excluding hydrogens is 224 g/mol. The Morgan fingerprint density at radius 1 is 1.38 bits per heavy atom. The van der Waals surface area contributed by atoms with Crippen LogP contribution in [0.5, 0.6) is 0 Å². The van der Waals surface area contributed by atoms with E-state index in [-0.39, 0.29) is 6.04 Å². The molecule has 3 N–H and O–H groups in total. The molecule has 0 unspecified atom stereocenters. The molecule has 0 bridgehead atoms. The average molecular weight is 240 g/mol. The third-order valence-corrected chi connectivity index (χ3v) is 4.59. The van der Waals surface area contributed by atoms with Crippen molar-refractivity contribution >= 4 is 15.7 Å². The van der Waals surface area contributed by atoms with Gasteiger partial charge in [-0.15, -0.1) is 0 Å². The highest BCUT2D eigenvalue weighted by Crippen LogP contribution is 2.23. The van der Waals surface area contributed by atoms with Gasteiger partial charge in [0.05, 0.1) is 4.90 Å². The zero-order chi connectivity index (χ0) is 11.8. The van der Waals surface area contributed by atoms with E-state index in [1.165, 1.54) is 6.07 Å². The molecule has 1 aromatic rings. The number of hydrogen-bond acceptors (Lipinski definition) is 3. The van der Waals surface area contributed by atoms with Gasteiger partial charge in [-0.2, -0.15) is 0 Å². The minimum atomic E-state index is -3.40. The lowest BCUT2D eigenvalue weighted by Gasteiger charge is -2.26. The molecule has 0 radical (unpaired) electrons. The molecule has 1 fully saturated rings. The molecule has 4 nitrogen and oxygen atoms in total. The lowest BCUT2D eigenvalue weighted by atomic mass is 9.94. The van der Waals surface area contributed by atoms with Crippen molar-refractivity contribution in [3.8, 4) is 0 Å². The van der Waals surface area contributed by atoms with E-state index in [0.717, 1.165) is 24.8 Å². The Hall–Kier alpha value is -1.07. The third-order valence-electron chi connectivity index (χ3n) is 2.93. The molecule has 0 aliphatic heterocycles. The van der Waals surface area contributed by atoms with Crippen LogP contribution < -0.4 is 10.5 Å². The molecule has 1 aromatic carbocycles. The lowest BCUT2D eigenvalue weighted by molar-refractivity contribution is 0.383. The molecule has 0 aromatic heterocycles. The molecule has 0 atom stereocenters. The molecule has 1 aliphatic rings. The topological polar surface area (TPSA) is 72.2 Å². The van der Waals surface area contributed by atoms with E-state index in [1.807, 2.05) is 0 Å². The smallest absolute Gasteiger partial charge is 0.241 e. The fourth-order valence-corrected chi connectivity index (χ4v) is 3.30. The first-order valence-electron chi connectivity index (χ1n) is 5.37. The third kappa shape index (κ3) is 2.20. The van der Waals surface area contributed by atoms with E-state index in [2.05, 4.69) is 4.72 Å². The molecule has 88 valence electrons. The summed E-state index contributed by atoms with van der Waals surface area (Å²) in [5.41, 5.74) is 6.80. The van der Waals surface area contributed by atoms with Crippen molar-refractivity contribution in [3.05, 3.63) is 23.8 Å². The number of nitrogens with two attached hydrogens (primary N) is 1. The minimum Gasteiger partial charge on any atom is -0.399 e. The summed E-state index contributed by atoms with van der Waals surface area (Å²) in [5.74, 6) is 0. The van der Waals surface area contributed by atoms with E-state index in [0.29, 0.717) is 10.6 Å². The zero-order valence-electron chi connectivity index (χ0n) is 9.23. The van der Waals surface area contributed by atoms with Crippen LogP contribution in [0.4, 0.5) is 5.69 Å². The second-order valence-electron chi connectivity index (χ2n) is 4.27. The number of anilines is 1. The number of sulfonamides is 1. The fourth-order valence-electron chi connectivity index (χ4n) is 1.72. The maximum Gasteiger partial charge on any atom is 0.241 e. The maximum absolute atomic E-state index is 12.0. The number of rotatable bonds is 3. The Balaban J connectivity index is 2.30. The van der Waals surface area contributed by atoms with Gasteiger partial charge in [0.25, 0.3) is 0 Å². The van der Waals surface area contributed by atoms with E-state index in [1.54, 1.807) is 19.1 Å². The molecule has 0 heterocycles. The quantitative estimate of drug-likeness (QED) is 0.785. The molecule has 2 rings (SSSR count). The summed E-state index contributed by atoms with van der Waals surface area (Å²) in [6.45, 7) is 1.77. The van der Waals surface area contributed by atoms with Crippen LogP contribution in [-0.2, 0) is 10.0 Å². The van der Waals surface area contributed by atoms with E-state index >= 15 is 0 Å². The predicted molar refractivity (Wildman–Crippen MR) is 63.6 cm³/mol. The standard InChI is InChI=1S/C11H16N2O2S/c1-8-5-6-9(12)7-11(8)16(14,15)13-10-3-2-4-10/h5-7,10,13H,2-4,12H2,1H3. The van der Waals surface area contributed by atoms with Gasteiger partial charge in [0.15, 0.2) is 0 Å². The summed E-state index contributed by atoms with van der Waals surface area (Å²) >= 11 is 0. The molecule has 5 heteroatoms. The van der Waals surface area contributed by atoms with Crippen molar-refractivity contribution in [2.24, 2.45) is 0 Å². The molecule has 0 saturated heterocycles. The minimum absolute atomic E-state index is 0.103. The van der Waals surface area contributed by atoms with E-state index < -0.39 is 10.0 Å². The molecule has 0 amide bonds. The van der Waals surface area contributed by atoms with Crippen LogP contribution in [0.25, 0.3) is 0 Å². The predicted octanol–water partition coefficient (Wildman–Crippen LogP) is 1.41. The summed E-state index contributed by atoms with van der Waals surface area (Å²) in [5, 5.41) is 0. The van der Waals surface area contributed by atoms with Crippen LogP contribution in [0.15, 0.2) is 23.1 Å². The number of nitrogens with one attached hydrogen (secondary N) is 1. The fraction of sp³-hybridized carbons (Fsp3) is 0.455. The Morgan fingerprint density at radius 2 is 2.06 bits per heavy atom. The first-order chi connectivity index (χ1) is 7.49. The SMILES string of the molecule is Cc1ccc(N)cc1S(=O)(=O)NC1CCC1. The first kappa shape index (κ1) is 11.4. The van der Waals surface area contributed by atoms with Crippen molar-refractivity contribution in [1.82, 2.24) is 4.72 Å². The molecule has 16 heavy (non-hydrogen) atoms. The Kier molecular flexibility index (Phi) is 2.90. The van der Waals surface area contributed by atoms with Gasteiger partial charge < -0.3 is 5.73 Å². The maximum atomic E-state index is 12.0. The second kappa shape index (κ2) is 4.07. The normalized spacial score (nSPS) is 17.1. The summed E-state index contributed by atoms with van der Waals surface area (Å²) in [7, 11) is -3.40. The van der Waals surface area contributed by atoms with Gasteiger partial charge in [-0.1, -0.05) is 12.5 Å². The summed E-state index contributed by atoms with van der Waals surface area (Å²) in [6.07, 6.45) is 2.96. The van der Waals surface area contributed by atoms with Crippen LogP contribution >= 0.6 is 0 Å². The van der Waals surface area contributed by atoms with Gasteiger partial charge in [0.2, 0.25) is 10.0 Å². The number of hydrogen-bond donors (Lipinski definition) is 2. The van der Waals surface area contributed by atoms with Crippen molar-refractivity contribution < 1.29 is 8.42 Å². The second-order valence-corrected chi connectivity index (χ2v) is 5.96. The largest absolute Gasteiger partial charge is 0.399 e. The van der Waals surface area contributed by atoms with Crippen LogP contribution in [0.1, 0.15) is 24.8 Å². The summed E-state index contributed by atoms with van der Waals surface area (Å²) in [4.78, 5) is 0.291. The Morgan fingerprint density at radius 3 is 2.62 bits per heavy atom. The van der Waals surface area contributed by atoms with E-state index in [9.17, 15) is 8.42 Å². The van der Waals surface area contributed by atoms with Crippen LogP contribution in [0.2, 0.25) is 0 Å². The van der Waals surface area contributed by atoms with E-state index in [4.69, 9.17) is 5.73 Å². The Bertz CT molecular complexity index is 493. The van der Waals surface area contributed by atoms with Crippen molar-refractivity contribution in [2.75, 3.05) is 5.73 Å². The van der Waals surface area contributed by atoms with Gasteiger partial charge in [-0.05, 0) is 37.5 Å². The highest BCUT2D eigenvalue weighted by molar-refractivity contribution is 7.89. The summed E-state index contributed by atoms with van der Waals surface area (Å²) in [6, 6.07) is 5.05. The molecule has 0 spiro atoms. The number of nitrogen functional groups attached to an aromatic ring is 1. The van der Waals surface area contributed by atoms with Crippen molar-refractivity contribution in [2.45, 2.75) is 37.1 Å². The highest BCUT2D eigenvalue weighted by Gasteiger charge is 2.25. The van der Waals surface area contributed by atoms with Gasteiger partial charge in [-0.25, -0.2) is 13.1 Å². The molecule has 1 saturated carbocycles. The van der Waals surface area contributed by atoms with Crippen LogP contribution in [-0.4, -0.2) is 14.5 Å². The zero-order valence-corrected chi connectivity index (χ0v) is 10.0.